The molecule has 0 unspecified atom stereocenters. The van der Waals surface area contributed by atoms with Gasteiger partial charge in [0, 0.05) is 23.1 Å². The molecule has 0 aliphatic rings. The molecule has 0 saturated carbocycles. The molecule has 2 amide bonds. The van der Waals surface area contributed by atoms with E-state index in [1.165, 1.54) is 4.90 Å². The number of halogens is 2. The fourth-order valence-electron chi connectivity index (χ4n) is 3.75. The lowest BCUT2D eigenvalue weighted by molar-refractivity contribution is -0.140. The number of hydrogen-bond acceptors (Lipinski definition) is 4. The maximum absolute atomic E-state index is 13.7. The van der Waals surface area contributed by atoms with Crippen molar-refractivity contribution < 1.29 is 18.0 Å². The molecule has 0 radical (unpaired) electrons. The molecule has 0 fully saturated rings. The number of carbonyl (C=O) groups is 2. The summed E-state index contributed by atoms with van der Waals surface area (Å²) >= 11 is 12.4. The maximum atomic E-state index is 13.7. The van der Waals surface area contributed by atoms with Gasteiger partial charge in [0.2, 0.25) is 21.8 Å². The smallest absolute Gasteiger partial charge is 0.244 e. The van der Waals surface area contributed by atoms with Gasteiger partial charge in [-0.15, -0.1) is 0 Å². The fourth-order valence-corrected chi connectivity index (χ4v) is 5.06. The number of unbranched alkanes of at least 4 members (excludes halogenated alkanes) is 1. The van der Waals surface area contributed by atoms with Gasteiger partial charge in [-0.3, -0.25) is 13.9 Å². The minimum Gasteiger partial charge on any atom is -0.354 e. The van der Waals surface area contributed by atoms with Gasteiger partial charge in [-0.1, -0.05) is 55.6 Å². The summed E-state index contributed by atoms with van der Waals surface area (Å²) in [6.07, 6.45) is 3.13. The highest BCUT2D eigenvalue weighted by Crippen LogP contribution is 2.25. The molecule has 0 bridgehead atoms. The summed E-state index contributed by atoms with van der Waals surface area (Å²) in [5, 5.41) is 3.69. The van der Waals surface area contributed by atoms with Crippen LogP contribution in [0.4, 0.5) is 5.69 Å². The van der Waals surface area contributed by atoms with Crippen LogP contribution in [0.2, 0.25) is 10.0 Å². The third-order valence-electron chi connectivity index (χ3n) is 6.03. The van der Waals surface area contributed by atoms with Gasteiger partial charge in [-0.2, -0.15) is 0 Å². The zero-order chi connectivity index (χ0) is 27.0. The average Bonchev–Trinajstić information content (AvgIpc) is 2.80. The number of nitrogens with zero attached hydrogens (tertiary/aromatic N) is 2. The molecule has 2 aromatic carbocycles. The number of nitrogens with one attached hydrogen (secondary N) is 1. The second-order valence-electron chi connectivity index (χ2n) is 8.86. The molecule has 0 saturated heterocycles. The zero-order valence-corrected chi connectivity index (χ0v) is 23.8. The maximum Gasteiger partial charge on any atom is 0.244 e. The summed E-state index contributed by atoms with van der Waals surface area (Å²) in [6, 6.07) is 9.35. The van der Waals surface area contributed by atoms with Crippen LogP contribution in [0.1, 0.15) is 49.8 Å². The number of hydrogen-bond donors (Lipinski definition) is 1. The first-order chi connectivity index (χ1) is 16.9. The van der Waals surface area contributed by atoms with Crippen LogP contribution in [0.15, 0.2) is 36.4 Å². The number of sulfonamides is 1. The van der Waals surface area contributed by atoms with E-state index in [9.17, 15) is 18.0 Å². The van der Waals surface area contributed by atoms with Gasteiger partial charge in [0.05, 0.1) is 11.9 Å². The van der Waals surface area contributed by atoms with E-state index >= 15 is 0 Å². The summed E-state index contributed by atoms with van der Waals surface area (Å²) < 4.78 is 26.5. The summed E-state index contributed by atoms with van der Waals surface area (Å²) in [7, 11) is -3.79. The second-order valence-corrected chi connectivity index (χ2v) is 11.6. The number of carbonyl (C=O) groups excluding carboxylic acids is 2. The third kappa shape index (κ3) is 8.11. The molecule has 0 heterocycles. The highest BCUT2D eigenvalue weighted by Gasteiger charge is 2.32. The van der Waals surface area contributed by atoms with Crippen molar-refractivity contribution in [1.82, 2.24) is 10.2 Å². The summed E-state index contributed by atoms with van der Waals surface area (Å²) in [6.45, 7) is 7.71. The van der Waals surface area contributed by atoms with Crippen LogP contribution in [0.25, 0.3) is 0 Å². The lowest BCUT2D eigenvalue weighted by Crippen LogP contribution is -2.52. The van der Waals surface area contributed by atoms with Crippen molar-refractivity contribution in [2.75, 3.05) is 23.7 Å². The first kappa shape index (κ1) is 29.9. The van der Waals surface area contributed by atoms with Crippen LogP contribution in [-0.2, 0) is 26.2 Å². The largest absolute Gasteiger partial charge is 0.354 e. The van der Waals surface area contributed by atoms with Crippen LogP contribution < -0.4 is 9.62 Å². The van der Waals surface area contributed by atoms with Gasteiger partial charge >= 0.3 is 0 Å². The van der Waals surface area contributed by atoms with E-state index in [0.717, 1.165) is 34.5 Å². The predicted octanol–water partition coefficient (Wildman–Crippen LogP) is 5.10. The molecule has 0 aliphatic heterocycles. The molecule has 10 heteroatoms. The van der Waals surface area contributed by atoms with Gasteiger partial charge in [0.25, 0.3) is 0 Å². The number of anilines is 1. The highest BCUT2D eigenvalue weighted by atomic mass is 35.5. The molecule has 1 atom stereocenters. The van der Waals surface area contributed by atoms with Crippen LogP contribution in [0.5, 0.6) is 0 Å². The Kier molecular flexibility index (Phi) is 11.1. The number of rotatable bonds is 12. The van der Waals surface area contributed by atoms with E-state index in [1.54, 1.807) is 30.3 Å². The van der Waals surface area contributed by atoms with Crippen molar-refractivity contribution in [3.05, 3.63) is 63.1 Å². The van der Waals surface area contributed by atoms with E-state index in [1.807, 2.05) is 33.8 Å². The Morgan fingerprint density at radius 2 is 1.72 bits per heavy atom. The van der Waals surface area contributed by atoms with E-state index in [2.05, 4.69) is 5.32 Å². The molecule has 0 spiro atoms. The van der Waals surface area contributed by atoms with Crippen molar-refractivity contribution in [3.63, 3.8) is 0 Å². The molecule has 1 N–H and O–H groups in total. The summed E-state index contributed by atoms with van der Waals surface area (Å²) in [5.74, 6) is -0.802. The topological polar surface area (TPSA) is 86.8 Å². The minimum atomic E-state index is -3.79. The normalized spacial score (nSPS) is 12.2. The molecule has 0 aliphatic carbocycles. The van der Waals surface area contributed by atoms with Crippen LogP contribution in [0.3, 0.4) is 0 Å². The van der Waals surface area contributed by atoms with Crippen molar-refractivity contribution >= 4 is 50.7 Å². The fraction of sp³-hybridized carbons (Fsp3) is 0.462. The Hall–Kier alpha value is -2.29. The third-order valence-corrected chi connectivity index (χ3v) is 7.76. The average molecular weight is 557 g/mol. The zero-order valence-electron chi connectivity index (χ0n) is 21.5. The monoisotopic (exact) mass is 555 g/mol. The number of benzene rings is 2. The Labute approximate surface area is 224 Å². The van der Waals surface area contributed by atoms with Crippen LogP contribution >= 0.6 is 23.2 Å². The molecular formula is C26H35Cl2N3O4S. The van der Waals surface area contributed by atoms with Crippen molar-refractivity contribution in [2.45, 2.75) is 59.5 Å². The van der Waals surface area contributed by atoms with Crippen molar-refractivity contribution in [1.29, 1.82) is 0 Å². The summed E-state index contributed by atoms with van der Waals surface area (Å²) in [5.41, 5.74) is 2.90. The van der Waals surface area contributed by atoms with Crippen LogP contribution in [0, 0.1) is 13.8 Å². The molecular weight excluding hydrogens is 521 g/mol. The van der Waals surface area contributed by atoms with Crippen molar-refractivity contribution in [2.24, 2.45) is 0 Å². The first-order valence-corrected chi connectivity index (χ1v) is 14.6. The second kappa shape index (κ2) is 13.3. The molecule has 2 aromatic rings. The standard InChI is InChI=1S/C26H35Cl2N3O4S/c1-6-8-13-29-26(33)24(7-2)30(16-20-10-11-21(27)15-23(20)28)25(32)17-31(36(5,34)35)22-12-9-18(3)19(4)14-22/h9-12,14-15,24H,6-8,13,16-17H2,1-5H3,(H,29,33)/t24-/m1/s1. The highest BCUT2D eigenvalue weighted by molar-refractivity contribution is 7.92. The Balaban J connectivity index is 2.46. The van der Waals surface area contributed by atoms with Gasteiger partial charge < -0.3 is 10.2 Å². The Morgan fingerprint density at radius 1 is 1.03 bits per heavy atom. The van der Waals surface area contributed by atoms with Gasteiger partial charge in [-0.25, -0.2) is 8.42 Å². The van der Waals surface area contributed by atoms with Gasteiger partial charge in [0.15, 0.2) is 0 Å². The Bertz CT molecular complexity index is 1190. The van der Waals surface area contributed by atoms with E-state index < -0.39 is 28.5 Å². The molecule has 36 heavy (non-hydrogen) atoms. The molecule has 198 valence electrons. The lowest BCUT2D eigenvalue weighted by atomic mass is 10.1. The SMILES string of the molecule is CCCCNC(=O)[C@@H](CC)N(Cc1ccc(Cl)cc1Cl)C(=O)CN(c1ccc(C)c(C)c1)S(C)(=O)=O. The van der Waals surface area contributed by atoms with Gasteiger partial charge in [-0.05, 0) is 67.6 Å². The minimum absolute atomic E-state index is 0.0269. The van der Waals surface area contributed by atoms with Gasteiger partial charge in [0.1, 0.15) is 12.6 Å². The molecule has 7 nitrogen and oxygen atoms in total. The Morgan fingerprint density at radius 3 is 2.28 bits per heavy atom. The molecule has 0 aromatic heterocycles. The predicted molar refractivity (Wildman–Crippen MR) is 147 cm³/mol. The van der Waals surface area contributed by atoms with Crippen LogP contribution in [-0.4, -0.2) is 50.5 Å². The van der Waals surface area contributed by atoms with E-state index in [-0.39, 0.29) is 12.5 Å². The number of aryl methyl sites for hydroxylation is 2. The summed E-state index contributed by atoms with van der Waals surface area (Å²) in [4.78, 5) is 28.2. The van der Waals surface area contributed by atoms with E-state index in [4.69, 9.17) is 23.2 Å². The van der Waals surface area contributed by atoms with E-state index in [0.29, 0.717) is 34.3 Å². The quantitative estimate of drug-likeness (QED) is 0.369. The first-order valence-electron chi connectivity index (χ1n) is 11.9. The lowest BCUT2D eigenvalue weighted by Gasteiger charge is -2.33. The number of amides is 2. The van der Waals surface area contributed by atoms with Crippen molar-refractivity contribution in [3.8, 4) is 0 Å². The molecule has 2 rings (SSSR count).